The molecule has 4 nitrogen and oxygen atoms in total. The summed E-state index contributed by atoms with van der Waals surface area (Å²) in [6.07, 6.45) is 0. The maximum Gasteiger partial charge on any atom is 0 e. The Hall–Kier alpha value is 1.22. The first-order valence-electron chi connectivity index (χ1n) is 0. The van der Waals surface area contributed by atoms with Crippen LogP contribution in [0, 0.1) is 41.7 Å². The SMILES string of the molecule is O.[Ce].[OH-].[OH-].[OH-]. The summed E-state index contributed by atoms with van der Waals surface area (Å²) in [5, 5.41) is 0. The molecule has 0 bridgehead atoms. The van der Waals surface area contributed by atoms with Gasteiger partial charge in [0.15, 0.2) is 0 Å². The summed E-state index contributed by atoms with van der Waals surface area (Å²) in [6, 6.07) is 0. The molecule has 0 aromatic rings. The minimum absolute atomic E-state index is 0. The Morgan fingerprint density at radius 1 is 0.600 bits per heavy atom. The molecular weight excluding hydrogens is 204 g/mol. The standard InChI is InChI=1S/Ce.4H2O/h;4*1H2/p-3. The Labute approximate surface area is 63.2 Å². The summed E-state index contributed by atoms with van der Waals surface area (Å²) in [5.74, 6) is 0. The second-order valence-corrected chi connectivity index (χ2v) is 0. The first-order valence-corrected chi connectivity index (χ1v) is 0. The zero-order chi connectivity index (χ0) is 0. The monoisotopic (exact) mass is 209 g/mol. The molecule has 36 valence electrons. The van der Waals surface area contributed by atoms with Gasteiger partial charge in [-0.3, -0.25) is 0 Å². The fraction of sp³-hybridized carbons (Fsp3) is 0. The van der Waals surface area contributed by atoms with E-state index in [-0.39, 0.29) is 63.7 Å². The van der Waals surface area contributed by atoms with E-state index in [2.05, 4.69) is 0 Å². The quantitative estimate of drug-likeness (QED) is 0.489. The second-order valence-electron chi connectivity index (χ2n) is 0. The minimum atomic E-state index is 0. The van der Waals surface area contributed by atoms with Gasteiger partial charge in [-0.15, -0.1) is 0 Å². The van der Waals surface area contributed by atoms with Crippen LogP contribution in [0.5, 0.6) is 0 Å². The van der Waals surface area contributed by atoms with Crippen LogP contribution in [0.15, 0.2) is 0 Å². The molecule has 0 saturated carbocycles. The molecule has 0 aliphatic carbocycles. The summed E-state index contributed by atoms with van der Waals surface area (Å²) < 4.78 is 0. The van der Waals surface area contributed by atoms with Crippen molar-refractivity contribution in [2.24, 2.45) is 0 Å². The molecule has 0 saturated heterocycles. The van der Waals surface area contributed by atoms with Crippen molar-refractivity contribution >= 4 is 0 Å². The van der Waals surface area contributed by atoms with Crippen molar-refractivity contribution in [3.63, 3.8) is 0 Å². The molecule has 0 unspecified atom stereocenters. The van der Waals surface area contributed by atoms with Crippen molar-refractivity contribution in [2.75, 3.05) is 0 Å². The average molecular weight is 209 g/mol. The molecule has 0 aliphatic heterocycles. The molecule has 0 amide bonds. The predicted molar refractivity (Wildman–Crippen MR) is 9.42 cm³/mol. The van der Waals surface area contributed by atoms with Gasteiger partial charge in [0.25, 0.3) is 0 Å². The fourth-order valence-electron chi connectivity index (χ4n) is 0. The van der Waals surface area contributed by atoms with Gasteiger partial charge in [0.05, 0.1) is 0 Å². The summed E-state index contributed by atoms with van der Waals surface area (Å²) in [6.45, 7) is 0. The summed E-state index contributed by atoms with van der Waals surface area (Å²) in [5.41, 5.74) is 0. The van der Waals surface area contributed by atoms with Crippen LogP contribution in [0.25, 0.3) is 0 Å². The van der Waals surface area contributed by atoms with Crippen molar-refractivity contribution in [1.29, 1.82) is 0 Å². The van der Waals surface area contributed by atoms with Gasteiger partial charge in [0.1, 0.15) is 0 Å². The van der Waals surface area contributed by atoms with Crippen LogP contribution in [0.3, 0.4) is 0 Å². The molecule has 5 heteroatoms. The number of hydrogen-bond acceptors (Lipinski definition) is 3. The van der Waals surface area contributed by atoms with Gasteiger partial charge in [-0.05, 0) is 0 Å². The van der Waals surface area contributed by atoms with E-state index in [1.165, 1.54) is 0 Å². The molecule has 0 radical (unpaired) electrons. The van der Waals surface area contributed by atoms with E-state index in [9.17, 15) is 0 Å². The number of rotatable bonds is 0. The third kappa shape index (κ3) is 36.5. The van der Waals surface area contributed by atoms with Gasteiger partial charge in [-0.1, -0.05) is 0 Å². The number of hydrogen-bond donors (Lipinski definition) is 0. The van der Waals surface area contributed by atoms with E-state index < -0.39 is 0 Å². The van der Waals surface area contributed by atoms with Gasteiger partial charge in [-0.25, -0.2) is 0 Å². The fourth-order valence-corrected chi connectivity index (χ4v) is 0. The Kier molecular flexibility index (Phi) is 1430. The van der Waals surface area contributed by atoms with Crippen molar-refractivity contribution < 1.29 is 63.7 Å². The minimum Gasteiger partial charge on any atom is -0.870 e. The van der Waals surface area contributed by atoms with E-state index >= 15 is 0 Å². The molecule has 0 fully saturated rings. The van der Waals surface area contributed by atoms with E-state index in [1.807, 2.05) is 0 Å². The average Bonchev–Trinajstić information content (AvgIpc) is 0. The van der Waals surface area contributed by atoms with Crippen molar-refractivity contribution in [3.8, 4) is 0 Å². The van der Waals surface area contributed by atoms with Crippen LogP contribution in [0.2, 0.25) is 0 Å². The van der Waals surface area contributed by atoms with Crippen molar-refractivity contribution in [1.82, 2.24) is 0 Å². The zero-order valence-corrected chi connectivity index (χ0v) is 5.48. The summed E-state index contributed by atoms with van der Waals surface area (Å²) in [4.78, 5) is 0. The van der Waals surface area contributed by atoms with Crippen LogP contribution in [-0.4, -0.2) is 21.9 Å². The van der Waals surface area contributed by atoms with Gasteiger partial charge in [0, 0.05) is 41.7 Å². The molecule has 5 heavy (non-hydrogen) atoms. The first-order chi connectivity index (χ1) is 0. The summed E-state index contributed by atoms with van der Waals surface area (Å²) in [7, 11) is 0. The van der Waals surface area contributed by atoms with Crippen molar-refractivity contribution in [3.05, 3.63) is 0 Å². The maximum absolute atomic E-state index is 0. The Morgan fingerprint density at radius 2 is 0.600 bits per heavy atom. The van der Waals surface area contributed by atoms with Crippen molar-refractivity contribution in [2.45, 2.75) is 0 Å². The largest absolute Gasteiger partial charge is 0.870 e. The van der Waals surface area contributed by atoms with Gasteiger partial charge in [0.2, 0.25) is 0 Å². The molecule has 0 spiro atoms. The Bertz CT molecular complexity index is 3.61. The normalized spacial score (nSPS) is 0. The molecule has 0 aromatic heterocycles. The van der Waals surface area contributed by atoms with Gasteiger partial charge >= 0.3 is 0 Å². The molecule has 0 rings (SSSR count). The third-order valence-electron chi connectivity index (χ3n) is 0. The van der Waals surface area contributed by atoms with E-state index in [1.54, 1.807) is 0 Å². The maximum atomic E-state index is 0. The Morgan fingerprint density at radius 3 is 0.600 bits per heavy atom. The Balaban J connectivity index is 0. The van der Waals surface area contributed by atoms with E-state index in [4.69, 9.17) is 0 Å². The van der Waals surface area contributed by atoms with Gasteiger partial charge < -0.3 is 21.9 Å². The first kappa shape index (κ1) is 114. The van der Waals surface area contributed by atoms with Crippen LogP contribution < -0.4 is 0 Å². The predicted octanol–water partition coefficient (Wildman–Crippen LogP) is -1.36. The molecule has 5 N–H and O–H groups in total. The van der Waals surface area contributed by atoms with Gasteiger partial charge in [-0.2, -0.15) is 0 Å². The second kappa shape index (κ2) is 62.7. The molecular formula is H5CeO4-3. The van der Waals surface area contributed by atoms with E-state index in [0.717, 1.165) is 0 Å². The van der Waals surface area contributed by atoms with Crippen LogP contribution in [0.1, 0.15) is 0 Å². The van der Waals surface area contributed by atoms with E-state index in [0.29, 0.717) is 0 Å². The van der Waals surface area contributed by atoms with Crippen LogP contribution in [0.4, 0.5) is 0 Å². The van der Waals surface area contributed by atoms with Crippen LogP contribution >= 0.6 is 0 Å². The molecule has 0 heterocycles. The molecule has 0 atom stereocenters. The molecule has 0 aromatic carbocycles. The molecule has 0 aliphatic rings. The third-order valence-corrected chi connectivity index (χ3v) is 0. The zero-order valence-electron chi connectivity index (χ0n) is 2.34. The van der Waals surface area contributed by atoms with Crippen LogP contribution in [-0.2, 0) is 0 Å². The summed E-state index contributed by atoms with van der Waals surface area (Å²) >= 11 is 0. The smallest absolute Gasteiger partial charge is 0 e. The topological polar surface area (TPSA) is 122 Å².